The number of nitrogens with zero attached hydrogens (tertiary/aromatic N) is 3. The summed E-state index contributed by atoms with van der Waals surface area (Å²) >= 11 is 3.10. The maximum absolute atomic E-state index is 13.0. The maximum atomic E-state index is 13.0. The summed E-state index contributed by atoms with van der Waals surface area (Å²) in [6, 6.07) is 6.49. The van der Waals surface area contributed by atoms with Gasteiger partial charge in [0.25, 0.3) is 0 Å². The van der Waals surface area contributed by atoms with Crippen LogP contribution in [0.4, 0.5) is 11.4 Å². The molecule has 0 aliphatic heterocycles. The van der Waals surface area contributed by atoms with E-state index in [0.29, 0.717) is 41.3 Å². The molecule has 0 radical (unpaired) electrons. The SMILES string of the molecule is O=C([O-])CNC(=O)[C@H](CSCC(=O)Nc1ccc([As](O)O)cc1)NC(=O)CC[C@H](NC(=S)Nc1ccc(C[C@H](CN(CC(=O)O)C2CCCC[C@@H]2N(CC(=O)O)CC(=O)O)N(CC(=O)O)CC(=O)O)cc1)C(=O)[O-]. The van der Waals surface area contributed by atoms with Gasteiger partial charge in [0, 0.05) is 36.8 Å². The van der Waals surface area contributed by atoms with Gasteiger partial charge in [-0.05, 0) is 55.6 Å². The first-order valence-electron chi connectivity index (χ1n) is 22.5. The van der Waals surface area contributed by atoms with Gasteiger partial charge in [-0.25, -0.2) is 0 Å². The van der Waals surface area contributed by atoms with Crippen LogP contribution in [-0.2, 0) is 54.4 Å². The third-order valence-electron chi connectivity index (χ3n) is 11.2. The van der Waals surface area contributed by atoms with Crippen LogP contribution in [-0.4, -0.2) is 216 Å². The Kier molecular flexibility index (Phi) is 26.2. The van der Waals surface area contributed by atoms with Gasteiger partial charge < -0.3 is 56.0 Å². The molecule has 74 heavy (non-hydrogen) atoms. The Morgan fingerprint density at radius 1 is 0.676 bits per heavy atom. The predicted octanol–water partition coefficient (Wildman–Crippen LogP) is -5.17. The van der Waals surface area contributed by atoms with E-state index in [2.05, 4.69) is 26.6 Å². The van der Waals surface area contributed by atoms with Gasteiger partial charge in [-0.1, -0.05) is 25.0 Å². The number of amides is 3. The molecule has 1 saturated carbocycles. The third kappa shape index (κ3) is 23.2. The minimum absolute atomic E-state index is 0.0528. The summed E-state index contributed by atoms with van der Waals surface area (Å²) in [5.41, 5.74) is 1.13. The van der Waals surface area contributed by atoms with Crippen LogP contribution < -0.4 is 41.1 Å². The van der Waals surface area contributed by atoms with Crippen LogP contribution in [0.25, 0.3) is 0 Å². The monoisotopic (exact) mass is 1140 g/mol. The molecule has 1 unspecified atom stereocenters. The Balaban J connectivity index is 1.71. The fraction of sp³-hybridized carbons (Fsp3) is 0.477. The van der Waals surface area contributed by atoms with Gasteiger partial charge in [-0.3, -0.25) is 43.5 Å². The molecule has 12 N–H and O–H groups in total. The topological polar surface area (TPSA) is 428 Å². The summed E-state index contributed by atoms with van der Waals surface area (Å²) in [6.45, 7) is -4.60. The second-order valence-corrected chi connectivity index (χ2v) is 20.5. The predicted molar refractivity (Wildman–Crippen MR) is 262 cm³/mol. The molecule has 406 valence electrons. The van der Waals surface area contributed by atoms with Gasteiger partial charge in [-0.2, -0.15) is 0 Å². The zero-order chi connectivity index (χ0) is 55.1. The number of carbonyl (C=O) groups is 10. The van der Waals surface area contributed by atoms with E-state index in [4.69, 9.17) is 12.2 Å². The van der Waals surface area contributed by atoms with Crippen molar-refractivity contribution >= 4 is 120 Å². The van der Waals surface area contributed by atoms with Crippen LogP contribution in [0.5, 0.6) is 0 Å². The van der Waals surface area contributed by atoms with E-state index in [1.54, 1.807) is 12.1 Å². The average Bonchev–Trinajstić information content (AvgIpc) is 3.30. The van der Waals surface area contributed by atoms with Crippen molar-refractivity contribution < 1.29 is 91.9 Å². The second-order valence-electron chi connectivity index (χ2n) is 16.8. The molecule has 2 aromatic carbocycles. The standard InChI is InChI=1S/C44H59AsN8O19S2/c54-34(49-31(42(68)46-16-36(56)57)23-74-24-35(55)47-27-11-7-26(8-12-27)45(71)72)14-13-30(43(69)70)50-44(73)48-28-9-5-25(6-10-28)15-29(51(18-37(58)59)19-38(60)61)17-52(20-39(62)63)32-3-1-2-4-33(32)53(21-40(64)65)22-41(66)67/h5-12,29-33,71-72H,1-4,13-24H2,(H,46,68)(H,47,55)(H,49,54)(H,56,57)(H,58,59)(H,60,61)(H,62,63)(H,64,65)(H,66,67)(H,69,70)(H2,48,50,73)/p-2/t29-,30+,31+,32?,33+/m1/s1. The zero-order valence-electron chi connectivity index (χ0n) is 39.5. The van der Waals surface area contributed by atoms with Crippen molar-refractivity contribution in [3.05, 3.63) is 54.1 Å². The minimum atomic E-state index is -3.11. The van der Waals surface area contributed by atoms with Gasteiger partial charge in [-0.15, -0.1) is 0 Å². The number of hydrogen-bond donors (Lipinski definition) is 12. The van der Waals surface area contributed by atoms with Gasteiger partial charge in [0.05, 0.1) is 57.2 Å². The molecule has 0 spiro atoms. The molecule has 0 heterocycles. The first-order valence-corrected chi connectivity index (χ1v) is 26.7. The summed E-state index contributed by atoms with van der Waals surface area (Å²) in [4.78, 5) is 125. The molecule has 1 aliphatic rings. The van der Waals surface area contributed by atoms with E-state index >= 15 is 0 Å². The van der Waals surface area contributed by atoms with Crippen LogP contribution in [0.15, 0.2) is 48.5 Å². The Hall–Kier alpha value is -6.46. The van der Waals surface area contributed by atoms with Gasteiger partial charge in [0.15, 0.2) is 5.11 Å². The summed E-state index contributed by atoms with van der Waals surface area (Å²) < 4.78 is 19.1. The fourth-order valence-corrected chi connectivity index (χ4v) is 10.0. The van der Waals surface area contributed by atoms with E-state index in [1.165, 1.54) is 46.2 Å². The van der Waals surface area contributed by atoms with Crippen molar-refractivity contribution in [2.75, 3.05) is 68.0 Å². The summed E-state index contributed by atoms with van der Waals surface area (Å²) in [5, 5.41) is 83.9. The zero-order valence-corrected chi connectivity index (χ0v) is 43.0. The number of rotatable bonds is 33. The molecular formula is C44H57AsN8O19S2-2. The Morgan fingerprint density at radius 2 is 1.19 bits per heavy atom. The molecule has 0 saturated heterocycles. The van der Waals surface area contributed by atoms with Gasteiger partial charge in [0.1, 0.15) is 0 Å². The van der Waals surface area contributed by atoms with Gasteiger partial charge in [0.2, 0.25) is 0 Å². The summed E-state index contributed by atoms with van der Waals surface area (Å²) in [7, 11) is 0. The van der Waals surface area contributed by atoms with Crippen molar-refractivity contribution in [1.82, 2.24) is 30.7 Å². The van der Waals surface area contributed by atoms with Crippen molar-refractivity contribution in [2.24, 2.45) is 0 Å². The van der Waals surface area contributed by atoms with Crippen LogP contribution in [0, 0.1) is 0 Å². The summed E-state index contributed by atoms with van der Waals surface area (Å²) in [6.07, 6.45) is 0.810. The Morgan fingerprint density at radius 3 is 1.70 bits per heavy atom. The number of carboxylic acids is 7. The number of thiocarbonyl (C=S) groups is 1. The second kappa shape index (κ2) is 31.3. The van der Waals surface area contributed by atoms with E-state index in [1.807, 2.05) is 0 Å². The van der Waals surface area contributed by atoms with E-state index in [9.17, 15) is 91.9 Å². The number of aliphatic carboxylic acids is 7. The van der Waals surface area contributed by atoms with Crippen LogP contribution in [0.3, 0.4) is 0 Å². The quantitative estimate of drug-likeness (QED) is 0.0235. The minimum Gasteiger partial charge on any atom is -0.548 e. The number of hydrogen-bond acceptors (Lipinski definition) is 19. The number of benzene rings is 2. The summed E-state index contributed by atoms with van der Waals surface area (Å²) in [5.74, 6) is -12.7. The van der Waals surface area contributed by atoms with Crippen molar-refractivity contribution in [3.8, 4) is 0 Å². The molecule has 0 bridgehead atoms. The smallest absolute Gasteiger partial charge is 0.548 e. The van der Waals surface area contributed by atoms with E-state index in [0.717, 1.165) is 16.7 Å². The molecule has 3 amide bonds. The Bertz CT molecular complexity index is 2280. The molecule has 1 fully saturated rings. The molecule has 0 aromatic heterocycles. The van der Waals surface area contributed by atoms with Crippen molar-refractivity contribution in [2.45, 2.75) is 75.2 Å². The van der Waals surface area contributed by atoms with Crippen LogP contribution in [0.1, 0.15) is 44.1 Å². The molecule has 5 atom stereocenters. The van der Waals surface area contributed by atoms with Crippen LogP contribution >= 0.6 is 24.0 Å². The van der Waals surface area contributed by atoms with Crippen LogP contribution in [0.2, 0.25) is 0 Å². The molecule has 30 heteroatoms. The molecular weight excluding hydrogens is 1080 g/mol. The number of thioether (sulfide) groups is 1. The van der Waals surface area contributed by atoms with Gasteiger partial charge >= 0.3 is 160 Å². The molecule has 2 aromatic rings. The molecule has 1 aliphatic carbocycles. The first kappa shape index (κ1) is 61.8. The molecule has 3 rings (SSSR count). The normalized spacial score (nSPS) is 15.6. The third-order valence-corrected chi connectivity index (χ3v) is 14.0. The number of carboxylic acid groups (broad SMARTS) is 7. The number of nitrogens with one attached hydrogen (secondary N) is 5. The number of anilines is 2. The van der Waals surface area contributed by atoms with Crippen molar-refractivity contribution in [3.63, 3.8) is 0 Å². The fourth-order valence-electron chi connectivity index (χ4n) is 8.04. The molecule has 27 nitrogen and oxygen atoms in total. The van der Waals surface area contributed by atoms with E-state index < -0.39 is 157 Å². The Labute approximate surface area is 437 Å². The average molecular weight is 1140 g/mol. The van der Waals surface area contributed by atoms with Crippen molar-refractivity contribution in [1.29, 1.82) is 0 Å². The van der Waals surface area contributed by atoms with E-state index in [-0.39, 0.29) is 35.3 Å². The number of carbonyl (C=O) groups excluding carboxylic acids is 5. The first-order chi connectivity index (χ1) is 34.9.